The minimum Gasteiger partial charge on any atom is -0.326 e. The van der Waals surface area contributed by atoms with E-state index in [1.807, 2.05) is 36.4 Å². The molecule has 0 aliphatic heterocycles. The van der Waals surface area contributed by atoms with Gasteiger partial charge in [0.25, 0.3) is 0 Å². The second-order valence-corrected chi connectivity index (χ2v) is 5.56. The molecule has 0 saturated heterocycles. The molecule has 0 atom stereocenters. The first kappa shape index (κ1) is 14.4. The zero-order chi connectivity index (χ0) is 15.5. The Balaban J connectivity index is 1.97. The predicted molar refractivity (Wildman–Crippen MR) is 86.6 cm³/mol. The van der Waals surface area contributed by atoms with E-state index in [0.717, 1.165) is 22.6 Å². The van der Waals surface area contributed by atoms with Gasteiger partial charge >= 0.3 is 0 Å². The summed E-state index contributed by atoms with van der Waals surface area (Å²) >= 11 is 0. The van der Waals surface area contributed by atoms with Crippen LogP contribution in [0.5, 0.6) is 0 Å². The Hall–Kier alpha value is -2.53. The Morgan fingerprint density at radius 1 is 1.00 bits per heavy atom. The maximum Gasteiger partial charge on any atom is 0.187 e. The number of nitrogens with zero attached hydrogens (tertiary/aromatic N) is 4. The van der Waals surface area contributed by atoms with Gasteiger partial charge in [0.15, 0.2) is 5.82 Å². The normalized spacial score (nSPS) is 11.1. The molecule has 5 heteroatoms. The minimum absolute atomic E-state index is 0.506. The van der Waals surface area contributed by atoms with Gasteiger partial charge in [-0.3, -0.25) is 0 Å². The number of nitrogens with two attached hydrogens (primary N) is 1. The van der Waals surface area contributed by atoms with Gasteiger partial charge in [-0.25, -0.2) is 0 Å². The largest absolute Gasteiger partial charge is 0.326 e. The summed E-state index contributed by atoms with van der Waals surface area (Å²) in [6, 6.07) is 16.3. The molecule has 0 fully saturated rings. The summed E-state index contributed by atoms with van der Waals surface area (Å²) < 4.78 is 1.75. The fourth-order valence-corrected chi connectivity index (χ4v) is 2.33. The molecule has 0 bridgehead atoms. The monoisotopic (exact) mass is 293 g/mol. The highest BCUT2D eigenvalue weighted by atomic mass is 15.5. The third-order valence-electron chi connectivity index (χ3n) is 3.72. The molecule has 2 N–H and O–H groups in total. The van der Waals surface area contributed by atoms with Gasteiger partial charge < -0.3 is 5.73 Å². The molecule has 0 amide bonds. The van der Waals surface area contributed by atoms with Crippen LogP contribution in [-0.2, 0) is 6.54 Å². The molecule has 2 aromatic carbocycles. The molecule has 1 aromatic heterocycles. The zero-order valence-corrected chi connectivity index (χ0v) is 12.8. The van der Waals surface area contributed by atoms with E-state index >= 15 is 0 Å². The van der Waals surface area contributed by atoms with Crippen molar-refractivity contribution in [1.29, 1.82) is 0 Å². The molecule has 3 aromatic rings. The van der Waals surface area contributed by atoms with E-state index in [1.165, 1.54) is 5.56 Å². The van der Waals surface area contributed by atoms with E-state index < -0.39 is 0 Å². The number of hydrogen-bond acceptors (Lipinski definition) is 4. The number of hydrogen-bond donors (Lipinski definition) is 1. The molecule has 3 rings (SSSR count). The highest BCUT2D eigenvalue weighted by Gasteiger charge is 2.11. The lowest BCUT2D eigenvalue weighted by Crippen LogP contribution is -2.01. The first-order valence-corrected chi connectivity index (χ1v) is 7.37. The molecule has 1 heterocycles. The average Bonchev–Trinajstić information content (AvgIpc) is 3.04. The fraction of sp³-hybridized carbons (Fsp3) is 0.235. The van der Waals surface area contributed by atoms with Crippen molar-refractivity contribution in [3.63, 3.8) is 0 Å². The van der Waals surface area contributed by atoms with Crippen molar-refractivity contribution in [2.75, 3.05) is 0 Å². The van der Waals surface area contributed by atoms with Crippen LogP contribution in [0.4, 0.5) is 0 Å². The van der Waals surface area contributed by atoms with Crippen molar-refractivity contribution >= 4 is 0 Å². The zero-order valence-electron chi connectivity index (χ0n) is 12.8. The number of rotatable bonds is 4. The summed E-state index contributed by atoms with van der Waals surface area (Å²) in [5.41, 5.74) is 9.94. The van der Waals surface area contributed by atoms with Crippen molar-refractivity contribution < 1.29 is 0 Å². The van der Waals surface area contributed by atoms with E-state index in [0.29, 0.717) is 12.5 Å². The van der Waals surface area contributed by atoms with Gasteiger partial charge in [0.05, 0.1) is 5.69 Å². The van der Waals surface area contributed by atoms with Crippen molar-refractivity contribution in [1.82, 2.24) is 20.2 Å². The Kier molecular flexibility index (Phi) is 3.98. The quantitative estimate of drug-likeness (QED) is 0.803. The Bertz CT molecular complexity index is 741. The smallest absolute Gasteiger partial charge is 0.187 e. The summed E-state index contributed by atoms with van der Waals surface area (Å²) in [5.74, 6) is 1.23. The van der Waals surface area contributed by atoms with Crippen LogP contribution in [0.15, 0.2) is 48.5 Å². The molecular formula is C17H19N5. The van der Waals surface area contributed by atoms with Gasteiger partial charge in [-0.2, -0.15) is 4.68 Å². The van der Waals surface area contributed by atoms with Gasteiger partial charge in [0.1, 0.15) is 0 Å². The van der Waals surface area contributed by atoms with Gasteiger partial charge in [-0.1, -0.05) is 50.2 Å². The van der Waals surface area contributed by atoms with Crippen molar-refractivity contribution in [2.24, 2.45) is 5.73 Å². The summed E-state index contributed by atoms with van der Waals surface area (Å²) in [6.07, 6.45) is 0. The standard InChI is InChI=1S/C17H19N5/c1-12(2)14-7-9-16(10-8-14)22-17(19-20-21-22)15-5-3-13(11-18)4-6-15/h3-10,12H,11,18H2,1-2H3. The third kappa shape index (κ3) is 2.76. The van der Waals surface area contributed by atoms with Crippen LogP contribution in [0.25, 0.3) is 17.1 Å². The van der Waals surface area contributed by atoms with Gasteiger partial charge in [-0.05, 0) is 39.6 Å². The van der Waals surface area contributed by atoms with Gasteiger partial charge in [0.2, 0.25) is 0 Å². The average molecular weight is 293 g/mol. The molecule has 22 heavy (non-hydrogen) atoms. The van der Waals surface area contributed by atoms with E-state index in [-0.39, 0.29) is 0 Å². The highest BCUT2D eigenvalue weighted by Crippen LogP contribution is 2.21. The molecule has 0 aliphatic carbocycles. The maximum atomic E-state index is 5.63. The van der Waals surface area contributed by atoms with E-state index in [1.54, 1.807) is 4.68 Å². The summed E-state index contributed by atoms with van der Waals surface area (Å²) in [7, 11) is 0. The molecule has 0 unspecified atom stereocenters. The second-order valence-electron chi connectivity index (χ2n) is 5.56. The molecule has 0 saturated carbocycles. The van der Waals surface area contributed by atoms with Crippen LogP contribution in [0.2, 0.25) is 0 Å². The highest BCUT2D eigenvalue weighted by molar-refractivity contribution is 5.57. The minimum atomic E-state index is 0.506. The van der Waals surface area contributed by atoms with Crippen LogP contribution in [0, 0.1) is 0 Å². The number of tetrazole rings is 1. The predicted octanol–water partition coefficient (Wildman–Crippen LogP) is 2.91. The number of benzene rings is 2. The van der Waals surface area contributed by atoms with E-state index in [2.05, 4.69) is 41.5 Å². The maximum absolute atomic E-state index is 5.63. The molecule has 112 valence electrons. The summed E-state index contributed by atoms with van der Waals surface area (Å²) in [6.45, 7) is 4.88. The molecular weight excluding hydrogens is 274 g/mol. The number of aromatic nitrogens is 4. The topological polar surface area (TPSA) is 69.6 Å². The lowest BCUT2D eigenvalue weighted by atomic mass is 10.0. The Morgan fingerprint density at radius 3 is 2.27 bits per heavy atom. The lowest BCUT2D eigenvalue weighted by molar-refractivity contribution is 0.789. The van der Waals surface area contributed by atoms with Crippen molar-refractivity contribution in [3.05, 3.63) is 59.7 Å². The molecule has 0 aliphatic rings. The van der Waals surface area contributed by atoms with Crippen molar-refractivity contribution in [3.8, 4) is 17.1 Å². The Morgan fingerprint density at radius 2 is 1.68 bits per heavy atom. The Labute approximate surface area is 129 Å². The SMILES string of the molecule is CC(C)c1ccc(-n2nnnc2-c2ccc(CN)cc2)cc1. The van der Waals surface area contributed by atoms with Crippen LogP contribution >= 0.6 is 0 Å². The fourth-order valence-electron chi connectivity index (χ4n) is 2.33. The molecule has 5 nitrogen and oxygen atoms in total. The van der Waals surface area contributed by atoms with Crippen molar-refractivity contribution in [2.45, 2.75) is 26.3 Å². The molecule has 0 radical (unpaired) electrons. The first-order valence-electron chi connectivity index (χ1n) is 7.37. The lowest BCUT2D eigenvalue weighted by Gasteiger charge is -2.08. The second kappa shape index (κ2) is 6.07. The van der Waals surface area contributed by atoms with Crippen LogP contribution in [0.1, 0.15) is 30.9 Å². The van der Waals surface area contributed by atoms with Crippen LogP contribution < -0.4 is 5.73 Å². The summed E-state index contributed by atoms with van der Waals surface area (Å²) in [4.78, 5) is 0. The summed E-state index contributed by atoms with van der Waals surface area (Å²) in [5, 5.41) is 12.1. The van der Waals surface area contributed by atoms with Gasteiger partial charge in [0, 0.05) is 12.1 Å². The van der Waals surface area contributed by atoms with E-state index in [9.17, 15) is 0 Å². The van der Waals surface area contributed by atoms with Crippen LogP contribution in [0.3, 0.4) is 0 Å². The van der Waals surface area contributed by atoms with Crippen LogP contribution in [-0.4, -0.2) is 20.2 Å². The molecule has 0 spiro atoms. The third-order valence-corrected chi connectivity index (χ3v) is 3.72. The van der Waals surface area contributed by atoms with Gasteiger partial charge in [-0.15, -0.1) is 5.10 Å². The van der Waals surface area contributed by atoms with E-state index in [4.69, 9.17) is 5.73 Å². The first-order chi connectivity index (χ1) is 10.7.